The van der Waals surface area contributed by atoms with Crippen molar-refractivity contribution in [3.8, 4) is 23.8 Å². The molecule has 0 spiro atoms. The van der Waals surface area contributed by atoms with Gasteiger partial charge in [0.15, 0.2) is 0 Å². The molecule has 0 aliphatic heterocycles. The molecule has 1 N–H and O–H groups in total. The molecule has 2 heteroatoms. The van der Waals surface area contributed by atoms with Gasteiger partial charge >= 0.3 is 0 Å². The number of rotatable bonds is 4. The Kier molecular flexibility index (Phi) is 6.37. The van der Waals surface area contributed by atoms with E-state index in [-0.39, 0.29) is 0 Å². The van der Waals surface area contributed by atoms with E-state index in [4.69, 9.17) is 11.5 Å². The molecule has 14 heavy (non-hydrogen) atoms. The molecule has 0 rings (SSSR count). The third kappa shape index (κ3) is 9.39. The van der Waals surface area contributed by atoms with Crippen molar-refractivity contribution in [3.05, 3.63) is 0 Å². The van der Waals surface area contributed by atoms with E-state index in [9.17, 15) is 0 Å². The van der Waals surface area contributed by atoms with Crippen LogP contribution in [0.1, 0.15) is 25.7 Å². The summed E-state index contributed by atoms with van der Waals surface area (Å²) >= 11 is 0. The van der Waals surface area contributed by atoms with Crippen molar-refractivity contribution in [2.24, 2.45) is 0 Å². The summed E-state index contributed by atoms with van der Waals surface area (Å²) in [6, 6.07) is 0. The number of hydrogen-bond donors (Lipinski definition) is 1. The Labute approximate surface area is 88.9 Å². The first kappa shape index (κ1) is 13.3. The fraction of sp³-hybridized carbons (Fsp3) is 0.667. The van der Waals surface area contributed by atoms with Crippen LogP contribution in [0.15, 0.2) is 0 Å². The normalized spacial score (nSPS) is 12.5. The monoisotopic (exact) mass is 208 g/mol. The van der Waals surface area contributed by atoms with Crippen LogP contribution < -0.4 is 0 Å². The van der Waals surface area contributed by atoms with Crippen molar-refractivity contribution in [2.45, 2.75) is 51.4 Å². The van der Waals surface area contributed by atoms with Gasteiger partial charge in [0.05, 0.1) is 0 Å². The van der Waals surface area contributed by atoms with Crippen molar-refractivity contribution in [2.75, 3.05) is 0 Å². The molecule has 0 aromatic rings. The molecule has 0 saturated carbocycles. The van der Waals surface area contributed by atoms with Gasteiger partial charge in [-0.25, -0.2) is 0 Å². The quantitative estimate of drug-likeness (QED) is 0.427. The summed E-state index contributed by atoms with van der Waals surface area (Å²) in [6.07, 6.45) is 8.11. The number of aliphatic hydroxyl groups excluding tert-OH is 1. The summed E-state index contributed by atoms with van der Waals surface area (Å²) < 4.78 is 0. The van der Waals surface area contributed by atoms with Gasteiger partial charge in [-0.15, -0.1) is 17.9 Å². The predicted octanol–water partition coefficient (Wildman–Crippen LogP) is 2.42. The van der Waals surface area contributed by atoms with E-state index < -0.39 is 14.2 Å². The molecule has 1 unspecified atom stereocenters. The van der Waals surface area contributed by atoms with Crippen LogP contribution in [-0.4, -0.2) is 19.3 Å². The second kappa shape index (κ2) is 6.71. The number of terminal acetylenes is 1. The lowest BCUT2D eigenvalue weighted by atomic mass is 10.1. The third-order valence-corrected chi connectivity index (χ3v) is 2.61. The summed E-state index contributed by atoms with van der Waals surface area (Å²) in [4.78, 5) is 0. The zero-order valence-corrected chi connectivity index (χ0v) is 10.4. The Morgan fingerprint density at radius 3 is 2.43 bits per heavy atom. The minimum atomic E-state index is -1.19. The molecule has 78 valence electrons. The zero-order valence-electron chi connectivity index (χ0n) is 9.43. The van der Waals surface area contributed by atoms with Crippen LogP contribution in [0.25, 0.3) is 0 Å². The Hall–Kier alpha value is -0.703. The Morgan fingerprint density at radius 2 is 1.93 bits per heavy atom. The smallest absolute Gasteiger partial charge is 0.129 e. The minimum Gasteiger partial charge on any atom is -0.380 e. The summed E-state index contributed by atoms with van der Waals surface area (Å²) in [5, 5.41) is 9.08. The van der Waals surface area contributed by atoms with E-state index in [2.05, 4.69) is 37.0 Å². The standard InChI is InChI=1S/C12H20OSi/c1-5-12(13)10-8-6-7-9-11-14(2,3)4/h1,12-13H,6-8,10H2,2-4H3. The van der Waals surface area contributed by atoms with Crippen molar-refractivity contribution >= 4 is 8.07 Å². The molecule has 0 aliphatic rings. The van der Waals surface area contributed by atoms with Crippen molar-refractivity contribution in [1.82, 2.24) is 0 Å². The first-order valence-electron chi connectivity index (χ1n) is 5.10. The maximum Gasteiger partial charge on any atom is 0.129 e. The summed E-state index contributed by atoms with van der Waals surface area (Å²) in [7, 11) is -1.19. The maximum atomic E-state index is 9.08. The molecule has 0 amide bonds. The Balaban J connectivity index is 3.47. The minimum absolute atomic E-state index is 0.569. The molecule has 1 atom stereocenters. The van der Waals surface area contributed by atoms with Crippen molar-refractivity contribution in [1.29, 1.82) is 0 Å². The first-order chi connectivity index (χ1) is 6.45. The Morgan fingerprint density at radius 1 is 1.29 bits per heavy atom. The average molecular weight is 208 g/mol. The topological polar surface area (TPSA) is 20.2 Å². The van der Waals surface area contributed by atoms with E-state index in [1.165, 1.54) is 0 Å². The average Bonchev–Trinajstić information content (AvgIpc) is 2.08. The van der Waals surface area contributed by atoms with Crippen LogP contribution in [0.5, 0.6) is 0 Å². The highest BCUT2D eigenvalue weighted by atomic mass is 28.3. The molecule has 0 saturated heterocycles. The van der Waals surface area contributed by atoms with E-state index in [1.807, 2.05) is 0 Å². The molecule has 0 radical (unpaired) electrons. The second-order valence-corrected chi connectivity index (χ2v) is 9.23. The van der Waals surface area contributed by atoms with Crippen LogP contribution in [0.4, 0.5) is 0 Å². The number of unbranched alkanes of at least 4 members (excludes halogenated alkanes) is 2. The van der Waals surface area contributed by atoms with Crippen LogP contribution in [0.2, 0.25) is 19.6 Å². The van der Waals surface area contributed by atoms with Gasteiger partial charge in [-0.05, 0) is 19.3 Å². The molecule has 0 fully saturated rings. The molecule has 0 aromatic carbocycles. The maximum absolute atomic E-state index is 9.08. The van der Waals surface area contributed by atoms with Gasteiger partial charge in [-0.1, -0.05) is 25.6 Å². The summed E-state index contributed by atoms with van der Waals surface area (Å²) in [6.45, 7) is 6.71. The highest BCUT2D eigenvalue weighted by Gasteiger charge is 2.06. The van der Waals surface area contributed by atoms with Crippen molar-refractivity contribution in [3.63, 3.8) is 0 Å². The lowest BCUT2D eigenvalue weighted by molar-refractivity contribution is 0.218. The molecule has 0 aromatic heterocycles. The first-order valence-corrected chi connectivity index (χ1v) is 8.60. The molecule has 1 nitrogen and oxygen atoms in total. The fourth-order valence-electron chi connectivity index (χ4n) is 0.962. The van der Waals surface area contributed by atoms with Gasteiger partial charge in [0.1, 0.15) is 14.2 Å². The van der Waals surface area contributed by atoms with Gasteiger partial charge in [0.25, 0.3) is 0 Å². The van der Waals surface area contributed by atoms with Gasteiger partial charge in [0.2, 0.25) is 0 Å². The number of aliphatic hydroxyl groups is 1. The molecule has 0 aliphatic carbocycles. The van der Waals surface area contributed by atoms with Crippen LogP contribution >= 0.6 is 0 Å². The van der Waals surface area contributed by atoms with Crippen molar-refractivity contribution < 1.29 is 5.11 Å². The van der Waals surface area contributed by atoms with Crippen LogP contribution in [0, 0.1) is 23.8 Å². The van der Waals surface area contributed by atoms with E-state index in [0.29, 0.717) is 6.42 Å². The lowest BCUT2D eigenvalue weighted by Crippen LogP contribution is -2.16. The SMILES string of the molecule is C#CC(O)CCCCC#C[Si](C)(C)C. The van der Waals surface area contributed by atoms with Crippen LogP contribution in [0.3, 0.4) is 0 Å². The largest absolute Gasteiger partial charge is 0.380 e. The predicted molar refractivity (Wildman–Crippen MR) is 64.4 cm³/mol. The van der Waals surface area contributed by atoms with Gasteiger partial charge < -0.3 is 5.11 Å². The number of hydrogen-bond acceptors (Lipinski definition) is 1. The Bertz CT molecular complexity index is 246. The van der Waals surface area contributed by atoms with Gasteiger partial charge in [-0.3, -0.25) is 0 Å². The van der Waals surface area contributed by atoms with E-state index in [1.54, 1.807) is 0 Å². The van der Waals surface area contributed by atoms with Gasteiger partial charge in [-0.2, -0.15) is 0 Å². The lowest BCUT2D eigenvalue weighted by Gasteiger charge is -2.03. The molecule has 0 bridgehead atoms. The summed E-state index contributed by atoms with van der Waals surface area (Å²) in [5.74, 6) is 5.50. The highest BCUT2D eigenvalue weighted by Crippen LogP contribution is 2.03. The van der Waals surface area contributed by atoms with E-state index in [0.717, 1.165) is 19.3 Å². The zero-order chi connectivity index (χ0) is 11.0. The molecular formula is C12H20OSi. The third-order valence-electron chi connectivity index (χ3n) is 1.69. The summed E-state index contributed by atoms with van der Waals surface area (Å²) in [5.41, 5.74) is 3.31. The van der Waals surface area contributed by atoms with Gasteiger partial charge in [0, 0.05) is 6.42 Å². The highest BCUT2D eigenvalue weighted by molar-refractivity contribution is 6.83. The molecular weight excluding hydrogens is 188 g/mol. The molecule has 0 heterocycles. The fourth-order valence-corrected chi connectivity index (χ4v) is 1.62. The van der Waals surface area contributed by atoms with Crippen LogP contribution in [-0.2, 0) is 0 Å². The van der Waals surface area contributed by atoms with E-state index >= 15 is 0 Å². The second-order valence-electron chi connectivity index (χ2n) is 4.48.